The Labute approximate surface area is 359 Å². The topological polar surface area (TPSA) is 186 Å². The first-order valence-corrected chi connectivity index (χ1v) is 19.5. The Morgan fingerprint density at radius 3 is 2.46 bits per heavy atom. The molecule has 2 aliphatic rings. The third-order valence-electron chi connectivity index (χ3n) is 10.8. The van der Waals surface area contributed by atoms with E-state index in [2.05, 4.69) is 36.2 Å². The monoisotopic (exact) mass is 883 g/mol. The van der Waals surface area contributed by atoms with Gasteiger partial charge in [0, 0.05) is 36.0 Å². The third kappa shape index (κ3) is 7.78. The van der Waals surface area contributed by atoms with Crippen LogP contribution in [-0.4, -0.2) is 67.2 Å². The summed E-state index contributed by atoms with van der Waals surface area (Å²) >= 11 is 5.54. The van der Waals surface area contributed by atoms with Gasteiger partial charge < -0.3 is 25.6 Å². The lowest BCUT2D eigenvalue weighted by atomic mass is 9.83. The highest BCUT2D eigenvalue weighted by molar-refractivity contribution is 7.81. The number of hydrogen-bond acceptors (Lipinski definition) is 11. The zero-order valence-corrected chi connectivity index (χ0v) is 34.2. The molecule has 2 aliphatic heterocycles. The molecule has 1 fully saturated rings. The van der Waals surface area contributed by atoms with Gasteiger partial charge in [-0.2, -0.15) is 28.6 Å². The van der Waals surface area contributed by atoms with Crippen LogP contribution in [0.4, 0.5) is 50.4 Å². The average Bonchev–Trinajstić information content (AvgIpc) is 3.74. The summed E-state index contributed by atoms with van der Waals surface area (Å²) in [5.41, 5.74) is -1.65. The number of amides is 2. The molecule has 2 atom stereocenters. The van der Waals surface area contributed by atoms with Crippen molar-refractivity contribution in [3.05, 3.63) is 129 Å². The van der Waals surface area contributed by atoms with Gasteiger partial charge in [0.2, 0.25) is 5.91 Å². The molecule has 63 heavy (non-hydrogen) atoms. The second kappa shape index (κ2) is 16.2. The summed E-state index contributed by atoms with van der Waals surface area (Å²) < 4.78 is 78.3. The van der Waals surface area contributed by atoms with E-state index in [1.54, 1.807) is 36.0 Å². The predicted octanol–water partition coefficient (Wildman–Crippen LogP) is 6.50. The Morgan fingerprint density at radius 2 is 1.78 bits per heavy atom. The van der Waals surface area contributed by atoms with Crippen LogP contribution in [0.1, 0.15) is 54.0 Å². The van der Waals surface area contributed by atoms with Crippen molar-refractivity contribution in [2.24, 2.45) is 7.05 Å². The highest BCUT2D eigenvalue weighted by atomic mass is 32.1. The van der Waals surface area contributed by atoms with E-state index >= 15 is 4.39 Å². The smallest absolute Gasteiger partial charge is 0.380 e. The minimum Gasteiger partial charge on any atom is -0.380 e. The van der Waals surface area contributed by atoms with Gasteiger partial charge in [-0.1, -0.05) is 12.1 Å². The van der Waals surface area contributed by atoms with E-state index in [-0.39, 0.29) is 47.3 Å². The number of rotatable bonds is 11. The fourth-order valence-electron chi connectivity index (χ4n) is 7.81. The maximum atomic E-state index is 15.4. The van der Waals surface area contributed by atoms with Gasteiger partial charge in [0.25, 0.3) is 11.5 Å². The summed E-state index contributed by atoms with van der Waals surface area (Å²) in [7, 11) is 1.73. The number of hydrogen-bond donors (Lipinski definition) is 4. The van der Waals surface area contributed by atoms with Crippen LogP contribution in [0.2, 0.25) is 0 Å². The number of aromatic amines is 1. The SMILES string of the molecule is Cn1ncnc1[C@H]1c2n[nH]c(=O)c3cc(F)cc(c23)N[C@@H]1c1ccc(NC(=O)COCCNc2ccc(N3C(=S)N(c4ccc(C#N)c(C(F)(F)F)c4)C(=O)C3(C)C)cc2F)cc1. The maximum Gasteiger partial charge on any atom is 0.417 e. The highest BCUT2D eigenvalue weighted by Crippen LogP contribution is 2.46. The lowest BCUT2D eigenvalue weighted by Gasteiger charge is -2.33. The van der Waals surface area contributed by atoms with Crippen LogP contribution in [0.5, 0.6) is 0 Å². The van der Waals surface area contributed by atoms with Crippen molar-refractivity contribution in [1.82, 2.24) is 25.0 Å². The van der Waals surface area contributed by atoms with Crippen LogP contribution < -0.4 is 31.3 Å². The molecule has 2 amide bonds. The largest absolute Gasteiger partial charge is 0.417 e. The number of H-pyrrole nitrogens is 1. The Kier molecular flexibility index (Phi) is 10.9. The molecule has 0 unspecified atom stereocenters. The maximum absolute atomic E-state index is 15.4. The summed E-state index contributed by atoms with van der Waals surface area (Å²) in [5.74, 6) is -2.43. The van der Waals surface area contributed by atoms with E-state index in [1.165, 1.54) is 55.4 Å². The lowest BCUT2D eigenvalue weighted by molar-refractivity contribution is -0.137. The molecule has 322 valence electrons. The molecule has 4 heterocycles. The molecule has 2 aromatic heterocycles. The molecule has 1 saturated heterocycles. The second-order valence-corrected chi connectivity index (χ2v) is 15.5. The van der Waals surface area contributed by atoms with Gasteiger partial charge >= 0.3 is 6.18 Å². The van der Waals surface area contributed by atoms with Gasteiger partial charge in [0.15, 0.2) is 5.11 Å². The first-order chi connectivity index (χ1) is 30.0. The number of carbonyl (C=O) groups excluding carboxylic acids is 2. The summed E-state index contributed by atoms with van der Waals surface area (Å²) in [6, 6.07) is 17.2. The molecule has 8 rings (SSSR count). The molecule has 15 nitrogen and oxygen atoms in total. The number of carbonyl (C=O) groups is 2. The van der Waals surface area contributed by atoms with Crippen molar-refractivity contribution in [3.63, 3.8) is 0 Å². The number of thiocarbonyl (C=S) groups is 1. The van der Waals surface area contributed by atoms with Crippen LogP contribution >= 0.6 is 12.2 Å². The summed E-state index contributed by atoms with van der Waals surface area (Å²) in [6.45, 7) is 2.79. The molecule has 4 aromatic carbocycles. The average molecular weight is 884 g/mol. The van der Waals surface area contributed by atoms with E-state index in [0.29, 0.717) is 34.3 Å². The molecule has 0 radical (unpaired) electrons. The fraction of sp³-hybridized carbons (Fsp3) is 0.238. The number of ether oxygens (including phenoxy) is 1. The van der Waals surface area contributed by atoms with Crippen LogP contribution in [0.3, 0.4) is 0 Å². The van der Waals surface area contributed by atoms with Gasteiger partial charge in [-0.25, -0.2) is 18.9 Å². The summed E-state index contributed by atoms with van der Waals surface area (Å²) in [4.78, 5) is 45.6. The number of aromatic nitrogens is 5. The van der Waals surface area contributed by atoms with Crippen LogP contribution in [0, 0.1) is 23.0 Å². The van der Waals surface area contributed by atoms with Gasteiger partial charge in [0.05, 0.1) is 58.2 Å². The second-order valence-electron chi connectivity index (χ2n) is 15.1. The normalized spacial score (nSPS) is 16.9. The van der Waals surface area contributed by atoms with Crippen molar-refractivity contribution in [2.45, 2.75) is 37.5 Å². The molecule has 0 aliphatic carbocycles. The molecule has 6 aromatic rings. The first-order valence-electron chi connectivity index (χ1n) is 19.1. The first kappa shape index (κ1) is 42.4. The van der Waals surface area contributed by atoms with Crippen molar-refractivity contribution < 1.29 is 36.3 Å². The number of halogens is 5. The Balaban J connectivity index is 0.869. The highest BCUT2D eigenvalue weighted by Gasteiger charge is 2.51. The van der Waals surface area contributed by atoms with E-state index in [1.807, 2.05) is 0 Å². The number of nitrogens with zero attached hydrogens (tertiary/aromatic N) is 7. The van der Waals surface area contributed by atoms with Crippen molar-refractivity contribution in [3.8, 4) is 6.07 Å². The molecule has 0 saturated carbocycles. The number of nitrogens with one attached hydrogen (secondary N) is 4. The molecule has 21 heteroatoms. The molecule has 0 spiro atoms. The van der Waals surface area contributed by atoms with Crippen LogP contribution in [-0.2, 0) is 27.5 Å². The van der Waals surface area contributed by atoms with Crippen LogP contribution in [0.15, 0.2) is 83.9 Å². The molecule has 4 N–H and O–H groups in total. The van der Waals surface area contributed by atoms with Gasteiger partial charge in [-0.3, -0.25) is 24.0 Å². The fourth-order valence-corrected chi connectivity index (χ4v) is 8.33. The Hall–Kier alpha value is -7.31. The number of anilines is 5. The Morgan fingerprint density at radius 1 is 1.03 bits per heavy atom. The predicted molar refractivity (Wildman–Crippen MR) is 225 cm³/mol. The number of alkyl halides is 3. The number of benzene rings is 4. The zero-order valence-electron chi connectivity index (χ0n) is 33.3. The minimum absolute atomic E-state index is 0.00959. The van der Waals surface area contributed by atoms with E-state index in [4.69, 9.17) is 17.0 Å². The van der Waals surface area contributed by atoms with Gasteiger partial charge in [0.1, 0.15) is 35.9 Å². The lowest BCUT2D eigenvalue weighted by Crippen LogP contribution is -2.44. The molecular weight excluding hydrogens is 850 g/mol. The van der Waals surface area contributed by atoms with Crippen molar-refractivity contribution in [2.75, 3.05) is 45.5 Å². The number of nitriles is 1. The van der Waals surface area contributed by atoms with Gasteiger partial charge in [-0.05, 0) is 92.3 Å². The molecular formula is C42H34F5N11O4S. The van der Waals surface area contributed by atoms with Gasteiger partial charge in [-0.15, -0.1) is 0 Å². The summed E-state index contributed by atoms with van der Waals surface area (Å²) in [5, 5.41) is 29.7. The Bertz CT molecular complexity index is 2930. The minimum atomic E-state index is -4.86. The molecule has 0 bridgehead atoms. The van der Waals surface area contributed by atoms with Crippen molar-refractivity contribution in [1.29, 1.82) is 5.26 Å². The quantitative estimate of drug-likeness (QED) is 0.0630. The van der Waals surface area contributed by atoms with Crippen molar-refractivity contribution >= 4 is 68.4 Å². The van der Waals surface area contributed by atoms with E-state index in [9.17, 15) is 37.2 Å². The standard InChI is InChI=1S/C42H34F5N11O4S/c1-41(2)39(61)57(25-9-6-22(18-48)28(16-25)42(45,46)47)40(63)58(41)26-10-11-30(29(44)17-26)49-12-13-62-19-32(59)52-24-7-4-21(5-8-24)35-34(37-50-20-51-56(37)3)36-33-27(38(60)55-54-36)14-23(43)15-31(33)53-35/h4-11,14-17,20,34-35,49,53H,12-13,19H2,1-3H3,(H,52,59)(H,55,60)/t34-,35-/m1/s1. The van der Waals surface area contributed by atoms with E-state index in [0.717, 1.165) is 28.7 Å². The van der Waals surface area contributed by atoms with Crippen LogP contribution in [0.25, 0.3) is 10.8 Å². The third-order valence-corrected chi connectivity index (χ3v) is 11.1. The zero-order chi connectivity index (χ0) is 45.0. The van der Waals surface area contributed by atoms with E-state index < -0.39 is 63.8 Å². The summed E-state index contributed by atoms with van der Waals surface area (Å²) in [6.07, 6.45) is -3.46. The number of aryl methyl sites for hydroxylation is 1.